The molecule has 0 spiro atoms. The van der Waals surface area contributed by atoms with Crippen molar-refractivity contribution in [3.63, 3.8) is 0 Å². The maximum Gasteiger partial charge on any atom is 0.335 e. The summed E-state index contributed by atoms with van der Waals surface area (Å²) in [5, 5.41) is 11.0. The highest BCUT2D eigenvalue weighted by molar-refractivity contribution is 6.30. The number of carboxylic acid groups (broad SMARTS) is 1. The van der Waals surface area contributed by atoms with Gasteiger partial charge in [-0.25, -0.2) is 14.2 Å². The van der Waals surface area contributed by atoms with Crippen molar-refractivity contribution in [2.75, 3.05) is 13.2 Å². The molecular weight excluding hydrogens is 547 g/mol. The lowest BCUT2D eigenvalue weighted by Crippen LogP contribution is -2.34. The second-order valence-corrected chi connectivity index (χ2v) is 11.1. The Bertz CT molecular complexity index is 1790. The van der Waals surface area contributed by atoms with Crippen LogP contribution in [0.2, 0.25) is 5.02 Å². The van der Waals surface area contributed by atoms with Crippen LogP contribution in [0.1, 0.15) is 39.4 Å². The number of nitrogens with one attached hydrogen (secondary N) is 1. The number of aromatic nitrogens is 3. The lowest BCUT2D eigenvalue weighted by molar-refractivity contribution is -0.0592. The molecule has 1 saturated heterocycles. The Balaban J connectivity index is 1.15. The van der Waals surface area contributed by atoms with Gasteiger partial charge in [-0.15, -0.1) is 0 Å². The Kier molecular flexibility index (Phi) is 6.65. The minimum Gasteiger partial charge on any atom is -0.487 e. The van der Waals surface area contributed by atoms with Gasteiger partial charge >= 0.3 is 5.97 Å². The number of para-hydroxylation sites is 1. The Morgan fingerprint density at radius 1 is 1.22 bits per heavy atom. The van der Waals surface area contributed by atoms with Gasteiger partial charge in [-0.05, 0) is 48.4 Å². The van der Waals surface area contributed by atoms with Crippen molar-refractivity contribution in [1.82, 2.24) is 19.4 Å². The predicted molar refractivity (Wildman–Crippen MR) is 153 cm³/mol. The lowest BCUT2D eigenvalue weighted by Gasteiger charge is -2.29. The minimum absolute atomic E-state index is 0.0996. The average Bonchev–Trinajstić information content (AvgIpc) is 3.47. The molecule has 2 N–H and O–H groups in total. The van der Waals surface area contributed by atoms with Crippen LogP contribution < -0.4 is 4.74 Å². The molecular formula is C31H28ClFN4O4. The van der Waals surface area contributed by atoms with Crippen molar-refractivity contribution in [2.45, 2.75) is 45.2 Å². The van der Waals surface area contributed by atoms with E-state index >= 15 is 0 Å². The number of imidazole rings is 1. The fourth-order valence-electron chi connectivity index (χ4n) is 5.78. The van der Waals surface area contributed by atoms with Gasteiger partial charge in [-0.1, -0.05) is 29.8 Å². The van der Waals surface area contributed by atoms with Crippen LogP contribution in [0.3, 0.4) is 0 Å². The van der Waals surface area contributed by atoms with Gasteiger partial charge in [0, 0.05) is 47.8 Å². The highest BCUT2D eigenvalue weighted by atomic mass is 35.5. The first kappa shape index (κ1) is 26.0. The van der Waals surface area contributed by atoms with Gasteiger partial charge in [0.05, 0.1) is 41.3 Å². The molecule has 0 bridgehead atoms. The quantitative estimate of drug-likeness (QED) is 0.238. The fourth-order valence-corrected chi connectivity index (χ4v) is 5.94. The van der Waals surface area contributed by atoms with Crippen molar-refractivity contribution >= 4 is 39.5 Å². The van der Waals surface area contributed by atoms with E-state index in [1.165, 1.54) is 17.3 Å². The summed E-state index contributed by atoms with van der Waals surface area (Å²) in [6.07, 6.45) is 1.93. The topological polar surface area (TPSA) is 92.6 Å². The second kappa shape index (κ2) is 10.5. The van der Waals surface area contributed by atoms with Crippen LogP contribution in [0.4, 0.5) is 4.39 Å². The summed E-state index contributed by atoms with van der Waals surface area (Å²) in [5.41, 5.74) is 5.59. The molecule has 8 nitrogen and oxygen atoms in total. The number of rotatable bonds is 8. The van der Waals surface area contributed by atoms with E-state index in [0.29, 0.717) is 29.4 Å². The summed E-state index contributed by atoms with van der Waals surface area (Å²) >= 11 is 5.89. The molecule has 41 heavy (non-hydrogen) atoms. The van der Waals surface area contributed by atoms with Crippen LogP contribution in [0.25, 0.3) is 21.9 Å². The van der Waals surface area contributed by atoms with Crippen LogP contribution in [0.15, 0.2) is 54.6 Å². The number of benzene rings is 3. The second-order valence-electron chi connectivity index (χ2n) is 10.7. The van der Waals surface area contributed by atoms with Gasteiger partial charge in [0.25, 0.3) is 0 Å². The van der Waals surface area contributed by atoms with E-state index in [2.05, 4.69) is 20.5 Å². The Hall–Kier alpha value is -3.92. The zero-order valence-electron chi connectivity index (χ0n) is 22.2. The summed E-state index contributed by atoms with van der Waals surface area (Å²) in [7, 11) is 0. The number of aromatic carboxylic acids is 1. The number of aromatic amines is 1. The molecule has 10 heteroatoms. The fraction of sp³-hybridized carbons (Fsp3) is 0.290. The van der Waals surface area contributed by atoms with Crippen molar-refractivity contribution in [2.24, 2.45) is 0 Å². The summed E-state index contributed by atoms with van der Waals surface area (Å²) in [6, 6.07) is 15.6. The average molecular weight is 575 g/mol. The van der Waals surface area contributed by atoms with Crippen LogP contribution in [0.5, 0.6) is 5.75 Å². The van der Waals surface area contributed by atoms with E-state index in [-0.39, 0.29) is 24.1 Å². The van der Waals surface area contributed by atoms with Crippen molar-refractivity contribution in [3.8, 4) is 5.75 Å². The lowest BCUT2D eigenvalue weighted by atomic mass is 10.0. The Morgan fingerprint density at radius 3 is 2.88 bits per heavy atom. The molecule has 0 saturated carbocycles. The van der Waals surface area contributed by atoms with E-state index in [1.807, 2.05) is 12.1 Å². The summed E-state index contributed by atoms with van der Waals surface area (Å²) in [6.45, 7) is 3.70. The molecule has 0 amide bonds. The van der Waals surface area contributed by atoms with E-state index in [0.717, 1.165) is 60.3 Å². The number of H-pyrrole nitrogens is 1. The van der Waals surface area contributed by atoms with Gasteiger partial charge in [-0.3, -0.25) is 4.90 Å². The first-order valence-electron chi connectivity index (χ1n) is 13.7. The number of hydrogen-bond acceptors (Lipinski definition) is 5. The van der Waals surface area contributed by atoms with Gasteiger partial charge in [0.1, 0.15) is 24.0 Å². The Morgan fingerprint density at radius 2 is 2.10 bits per heavy atom. The van der Waals surface area contributed by atoms with Crippen molar-refractivity contribution < 1.29 is 23.8 Å². The number of carbonyl (C=O) groups is 1. The third kappa shape index (κ3) is 4.94. The smallest absolute Gasteiger partial charge is 0.335 e. The summed E-state index contributed by atoms with van der Waals surface area (Å²) in [4.78, 5) is 22.5. The van der Waals surface area contributed by atoms with Crippen LogP contribution in [-0.2, 0) is 37.4 Å². The molecule has 2 aliphatic heterocycles. The molecule has 2 aliphatic rings. The number of fused-ring (bicyclic) bond motifs is 4. The summed E-state index contributed by atoms with van der Waals surface area (Å²) in [5.74, 6) is 0.232. The van der Waals surface area contributed by atoms with Gasteiger partial charge in [0.15, 0.2) is 0 Å². The largest absolute Gasteiger partial charge is 0.487 e. The van der Waals surface area contributed by atoms with Gasteiger partial charge in [0.2, 0.25) is 0 Å². The third-order valence-corrected chi connectivity index (χ3v) is 8.30. The van der Waals surface area contributed by atoms with E-state index in [1.54, 1.807) is 30.3 Å². The molecule has 0 radical (unpaired) electrons. The van der Waals surface area contributed by atoms with E-state index in [4.69, 9.17) is 26.1 Å². The molecule has 3 aromatic carbocycles. The highest BCUT2D eigenvalue weighted by Gasteiger charge is 2.26. The standard InChI is InChI=1S/C31H28ClFN4O4/c32-20-6-4-19(24(33)13-20)17-41-28-3-1-2-22-23-15-36(10-8-25(23)35-30(22)28)16-29-34-26-7-5-18(31(38)39)12-27(26)37(29)14-21-9-11-40-21/h1-7,12-13,21,35H,8-11,14-17H2,(H,38,39)/t21-/m0/s1. The first-order valence-corrected chi connectivity index (χ1v) is 14.1. The molecule has 1 atom stereocenters. The van der Waals surface area contributed by atoms with Crippen LogP contribution >= 0.6 is 11.6 Å². The molecule has 210 valence electrons. The number of hydrogen-bond donors (Lipinski definition) is 2. The first-order chi connectivity index (χ1) is 19.9. The normalized spacial score (nSPS) is 17.1. The third-order valence-electron chi connectivity index (χ3n) is 8.07. The molecule has 0 unspecified atom stereocenters. The van der Waals surface area contributed by atoms with Gasteiger partial charge < -0.3 is 24.1 Å². The maximum absolute atomic E-state index is 14.3. The molecule has 2 aromatic heterocycles. The van der Waals surface area contributed by atoms with Crippen molar-refractivity contribution in [3.05, 3.63) is 93.6 Å². The molecule has 7 rings (SSSR count). The molecule has 1 fully saturated rings. The van der Waals surface area contributed by atoms with E-state index < -0.39 is 5.97 Å². The number of halogens is 2. The van der Waals surface area contributed by atoms with Crippen LogP contribution in [0, 0.1) is 5.82 Å². The van der Waals surface area contributed by atoms with Crippen LogP contribution in [-0.4, -0.2) is 49.8 Å². The zero-order chi connectivity index (χ0) is 28.1. The SMILES string of the molecule is O=C(O)c1ccc2nc(CN3CCc4[nH]c5c(OCc6ccc(Cl)cc6F)cccc5c4C3)n(C[C@@H]3CCO3)c2c1. The van der Waals surface area contributed by atoms with Crippen molar-refractivity contribution in [1.29, 1.82) is 0 Å². The molecule has 5 aromatic rings. The number of ether oxygens (including phenoxy) is 2. The molecule has 4 heterocycles. The zero-order valence-corrected chi connectivity index (χ0v) is 23.0. The van der Waals surface area contributed by atoms with E-state index in [9.17, 15) is 14.3 Å². The number of carboxylic acids is 1. The maximum atomic E-state index is 14.3. The minimum atomic E-state index is -0.953. The number of nitrogens with zero attached hydrogens (tertiary/aromatic N) is 3. The predicted octanol–water partition coefficient (Wildman–Crippen LogP) is 5.93. The Labute approximate surface area is 240 Å². The monoisotopic (exact) mass is 574 g/mol. The molecule has 0 aliphatic carbocycles. The van der Waals surface area contributed by atoms with Gasteiger partial charge in [-0.2, -0.15) is 0 Å². The highest BCUT2D eigenvalue weighted by Crippen LogP contribution is 2.34. The summed E-state index contributed by atoms with van der Waals surface area (Å²) < 4.78 is 28.2.